The Bertz CT molecular complexity index is 476. The van der Waals surface area contributed by atoms with Gasteiger partial charge in [0.15, 0.2) is 0 Å². The smallest absolute Gasteiger partial charge is 0.338 e. The molecule has 2 atom stereocenters. The molecule has 0 aliphatic carbocycles. The second kappa shape index (κ2) is 7.46. The highest BCUT2D eigenvalue weighted by Crippen LogP contribution is 2.22. The normalized spacial score (nSPS) is 22.8. The van der Waals surface area contributed by atoms with Crippen LogP contribution in [0.15, 0.2) is 24.3 Å². The Morgan fingerprint density at radius 3 is 3.00 bits per heavy atom. The number of carbonyl (C=O) groups excluding carboxylic acids is 1. The summed E-state index contributed by atoms with van der Waals surface area (Å²) in [6, 6.07) is 7.44. The molecule has 0 aromatic heterocycles. The molecular formula is C17H26N2O2. The first-order valence-electron chi connectivity index (χ1n) is 7.85. The van der Waals surface area contributed by atoms with Crippen molar-refractivity contribution >= 4 is 11.7 Å². The first kappa shape index (κ1) is 15.8. The lowest BCUT2D eigenvalue weighted by molar-refractivity contribution is -0.0139. The lowest BCUT2D eigenvalue weighted by Gasteiger charge is -2.36. The van der Waals surface area contributed by atoms with Gasteiger partial charge in [-0.05, 0) is 50.0 Å². The Kier molecular flexibility index (Phi) is 5.62. The molecule has 4 heteroatoms. The molecule has 116 valence electrons. The van der Waals surface area contributed by atoms with Gasteiger partial charge in [0.1, 0.15) is 6.10 Å². The van der Waals surface area contributed by atoms with Crippen molar-refractivity contribution in [2.75, 3.05) is 32.0 Å². The van der Waals surface area contributed by atoms with Crippen molar-refractivity contribution in [1.29, 1.82) is 0 Å². The monoisotopic (exact) mass is 290 g/mol. The Morgan fingerprint density at radius 1 is 1.48 bits per heavy atom. The lowest BCUT2D eigenvalue weighted by atomic mass is 9.95. The summed E-state index contributed by atoms with van der Waals surface area (Å²) in [6.45, 7) is 7.40. The van der Waals surface area contributed by atoms with Crippen LogP contribution in [-0.4, -0.2) is 43.7 Å². The Morgan fingerprint density at radius 2 is 2.29 bits per heavy atom. The van der Waals surface area contributed by atoms with Gasteiger partial charge in [-0.1, -0.05) is 19.9 Å². The van der Waals surface area contributed by atoms with Gasteiger partial charge in [0.2, 0.25) is 0 Å². The Balaban J connectivity index is 1.99. The molecule has 4 nitrogen and oxygen atoms in total. The van der Waals surface area contributed by atoms with Crippen LogP contribution >= 0.6 is 0 Å². The molecule has 0 spiro atoms. The third kappa shape index (κ3) is 4.21. The molecule has 1 N–H and O–H groups in total. The average molecular weight is 290 g/mol. The van der Waals surface area contributed by atoms with E-state index in [4.69, 9.17) is 4.74 Å². The number of esters is 1. The molecule has 0 radical (unpaired) electrons. The standard InChI is InChI=1S/C17H26N2O2/c1-4-9-19-10-8-13(2)16(12-19)21-17(20)14-6-5-7-15(11-14)18-3/h5-7,11,13,16,18H,4,8-10,12H2,1-3H3. The van der Waals surface area contributed by atoms with E-state index in [-0.39, 0.29) is 12.1 Å². The van der Waals surface area contributed by atoms with Crippen LogP contribution in [0, 0.1) is 5.92 Å². The van der Waals surface area contributed by atoms with Gasteiger partial charge in [0.25, 0.3) is 0 Å². The predicted octanol–water partition coefficient (Wildman–Crippen LogP) is 3.01. The van der Waals surface area contributed by atoms with Crippen LogP contribution in [0.3, 0.4) is 0 Å². The molecule has 21 heavy (non-hydrogen) atoms. The largest absolute Gasteiger partial charge is 0.457 e. The average Bonchev–Trinajstić information content (AvgIpc) is 2.51. The fourth-order valence-electron chi connectivity index (χ4n) is 2.78. The molecule has 0 amide bonds. The molecule has 2 rings (SSSR count). The number of ether oxygens (including phenoxy) is 1. The van der Waals surface area contributed by atoms with Gasteiger partial charge in [0, 0.05) is 19.3 Å². The minimum Gasteiger partial charge on any atom is -0.457 e. The molecule has 0 saturated carbocycles. The van der Waals surface area contributed by atoms with Gasteiger partial charge < -0.3 is 10.1 Å². The van der Waals surface area contributed by atoms with E-state index in [2.05, 4.69) is 24.1 Å². The van der Waals surface area contributed by atoms with Crippen LogP contribution in [0.5, 0.6) is 0 Å². The number of hydrogen-bond donors (Lipinski definition) is 1. The Labute approximate surface area is 127 Å². The summed E-state index contributed by atoms with van der Waals surface area (Å²) in [5, 5.41) is 3.04. The molecule has 1 fully saturated rings. The number of hydrogen-bond acceptors (Lipinski definition) is 4. The predicted molar refractivity (Wildman–Crippen MR) is 85.7 cm³/mol. The van der Waals surface area contributed by atoms with Crippen molar-refractivity contribution in [3.63, 3.8) is 0 Å². The highest BCUT2D eigenvalue weighted by atomic mass is 16.5. The number of anilines is 1. The van der Waals surface area contributed by atoms with Crippen molar-refractivity contribution in [2.45, 2.75) is 32.8 Å². The van der Waals surface area contributed by atoms with Gasteiger partial charge >= 0.3 is 5.97 Å². The summed E-state index contributed by atoms with van der Waals surface area (Å²) < 4.78 is 5.76. The number of rotatable bonds is 5. The summed E-state index contributed by atoms with van der Waals surface area (Å²) in [4.78, 5) is 14.7. The number of nitrogens with one attached hydrogen (secondary N) is 1. The van der Waals surface area contributed by atoms with E-state index < -0.39 is 0 Å². The van der Waals surface area contributed by atoms with Crippen molar-refractivity contribution in [3.05, 3.63) is 29.8 Å². The van der Waals surface area contributed by atoms with E-state index in [1.807, 2.05) is 25.2 Å². The molecule has 1 aliphatic rings. The third-order valence-corrected chi connectivity index (χ3v) is 4.16. The fourth-order valence-corrected chi connectivity index (χ4v) is 2.78. The van der Waals surface area contributed by atoms with Crippen LogP contribution in [-0.2, 0) is 4.74 Å². The van der Waals surface area contributed by atoms with Crippen molar-refractivity contribution in [2.24, 2.45) is 5.92 Å². The minimum atomic E-state index is -0.220. The second-order valence-corrected chi connectivity index (χ2v) is 5.84. The quantitative estimate of drug-likeness (QED) is 0.846. The van der Waals surface area contributed by atoms with Gasteiger partial charge in [-0.25, -0.2) is 4.79 Å². The summed E-state index contributed by atoms with van der Waals surface area (Å²) >= 11 is 0. The van der Waals surface area contributed by atoms with Crippen LogP contribution in [0.4, 0.5) is 5.69 Å². The molecule has 1 aromatic carbocycles. The maximum atomic E-state index is 12.3. The molecule has 1 aromatic rings. The first-order chi connectivity index (χ1) is 10.1. The molecule has 2 unspecified atom stereocenters. The second-order valence-electron chi connectivity index (χ2n) is 5.84. The van der Waals surface area contributed by atoms with E-state index in [0.717, 1.165) is 38.2 Å². The number of benzene rings is 1. The van der Waals surface area contributed by atoms with E-state index in [0.29, 0.717) is 11.5 Å². The summed E-state index contributed by atoms with van der Waals surface area (Å²) in [5.41, 5.74) is 1.54. The van der Waals surface area contributed by atoms with Gasteiger partial charge in [-0.2, -0.15) is 0 Å². The molecule has 1 saturated heterocycles. The highest BCUT2D eigenvalue weighted by molar-refractivity contribution is 5.90. The zero-order chi connectivity index (χ0) is 15.2. The number of piperidine rings is 1. The lowest BCUT2D eigenvalue weighted by Crippen LogP contribution is -2.45. The van der Waals surface area contributed by atoms with Gasteiger partial charge in [0.05, 0.1) is 5.56 Å². The molecule has 1 heterocycles. The van der Waals surface area contributed by atoms with Crippen molar-refractivity contribution in [3.8, 4) is 0 Å². The van der Waals surface area contributed by atoms with Crippen LogP contribution in [0.25, 0.3) is 0 Å². The highest BCUT2D eigenvalue weighted by Gasteiger charge is 2.29. The molecule has 1 aliphatic heterocycles. The van der Waals surface area contributed by atoms with Gasteiger partial charge in [-0.3, -0.25) is 4.90 Å². The number of carbonyl (C=O) groups is 1. The van der Waals surface area contributed by atoms with Crippen LogP contribution < -0.4 is 5.32 Å². The zero-order valence-corrected chi connectivity index (χ0v) is 13.3. The summed E-state index contributed by atoms with van der Waals surface area (Å²) in [5.74, 6) is 0.205. The topological polar surface area (TPSA) is 41.6 Å². The van der Waals surface area contributed by atoms with E-state index in [1.165, 1.54) is 0 Å². The van der Waals surface area contributed by atoms with E-state index in [9.17, 15) is 4.79 Å². The van der Waals surface area contributed by atoms with Crippen molar-refractivity contribution < 1.29 is 9.53 Å². The molecular weight excluding hydrogens is 264 g/mol. The number of likely N-dealkylation sites (tertiary alicyclic amines) is 1. The summed E-state index contributed by atoms with van der Waals surface area (Å²) in [6.07, 6.45) is 2.23. The van der Waals surface area contributed by atoms with Crippen LogP contribution in [0.1, 0.15) is 37.0 Å². The SMILES string of the molecule is CCCN1CCC(C)C(OC(=O)c2cccc(NC)c2)C1. The molecule has 0 bridgehead atoms. The maximum Gasteiger partial charge on any atom is 0.338 e. The van der Waals surface area contributed by atoms with E-state index >= 15 is 0 Å². The van der Waals surface area contributed by atoms with E-state index in [1.54, 1.807) is 6.07 Å². The van der Waals surface area contributed by atoms with Crippen LogP contribution in [0.2, 0.25) is 0 Å². The Hall–Kier alpha value is -1.55. The zero-order valence-electron chi connectivity index (χ0n) is 13.3. The van der Waals surface area contributed by atoms with Gasteiger partial charge in [-0.15, -0.1) is 0 Å². The maximum absolute atomic E-state index is 12.3. The van der Waals surface area contributed by atoms with Crippen molar-refractivity contribution in [1.82, 2.24) is 4.90 Å². The fraction of sp³-hybridized carbons (Fsp3) is 0.588. The first-order valence-corrected chi connectivity index (χ1v) is 7.85. The minimum absolute atomic E-state index is 0.00366. The third-order valence-electron chi connectivity index (χ3n) is 4.16. The summed E-state index contributed by atoms with van der Waals surface area (Å²) in [7, 11) is 1.84. The number of nitrogens with zero attached hydrogens (tertiary/aromatic N) is 1.